The summed E-state index contributed by atoms with van der Waals surface area (Å²) in [5, 5.41) is 40.6. The lowest BCUT2D eigenvalue weighted by Gasteiger charge is -2.46. The number of hydrogen-bond donors (Lipinski definition) is 6. The number of nitrogens with two attached hydrogens (primary N) is 1. The van der Waals surface area contributed by atoms with Crippen molar-refractivity contribution in [2.45, 2.75) is 192 Å². The number of piperidine rings is 2. The molecule has 0 radical (unpaired) electrons. The molecule has 0 atom stereocenters. The number of nitrogens with one attached hydrogen (secondary N) is 5. The predicted octanol–water partition coefficient (Wildman–Crippen LogP) is 11.0. The molecule has 10 rings (SSSR count). The average molecular weight is 1100 g/mol. The van der Waals surface area contributed by atoms with Crippen LogP contribution in [0.4, 0.5) is 46.5 Å². The Hall–Kier alpha value is -5.84. The van der Waals surface area contributed by atoms with Crippen LogP contribution in [0.3, 0.4) is 0 Å². The van der Waals surface area contributed by atoms with E-state index in [1.165, 1.54) is 12.1 Å². The molecule has 7 N–H and O–H groups in total. The van der Waals surface area contributed by atoms with Crippen LogP contribution in [-0.2, 0) is 0 Å². The maximum absolute atomic E-state index is 15.3. The molecule has 6 heterocycles. The van der Waals surface area contributed by atoms with E-state index >= 15 is 4.39 Å². The maximum atomic E-state index is 15.3. The number of rotatable bonds is 12. The molecule has 4 fully saturated rings. The van der Waals surface area contributed by atoms with E-state index in [0.717, 1.165) is 92.1 Å². The smallest absolute Gasteiger partial charge is 0.229 e. The second kappa shape index (κ2) is 22.6. The van der Waals surface area contributed by atoms with Gasteiger partial charge >= 0.3 is 0 Å². The Kier molecular flexibility index (Phi) is 17.2. The van der Waals surface area contributed by atoms with E-state index in [0.29, 0.717) is 11.7 Å². The van der Waals surface area contributed by atoms with Crippen molar-refractivity contribution in [3.63, 3.8) is 0 Å². The first-order valence-electron chi connectivity index (χ1n) is 25.7. The summed E-state index contributed by atoms with van der Waals surface area (Å²) in [5.41, 5.74) is 9.09. The monoisotopic (exact) mass is 1090 g/mol. The third-order valence-electron chi connectivity index (χ3n) is 13.5. The van der Waals surface area contributed by atoms with Crippen molar-refractivity contribution in [2.75, 3.05) is 21.7 Å². The van der Waals surface area contributed by atoms with Gasteiger partial charge in [-0.15, -0.1) is 22.6 Å². The summed E-state index contributed by atoms with van der Waals surface area (Å²) in [7, 11) is 0. The second-order valence-electron chi connectivity index (χ2n) is 23.7. The second-order valence-corrected chi connectivity index (χ2v) is 24.1. The van der Waals surface area contributed by atoms with E-state index in [4.69, 9.17) is 17.3 Å². The summed E-state index contributed by atoms with van der Waals surface area (Å²) >= 11 is 5.71. The van der Waals surface area contributed by atoms with Gasteiger partial charge in [0.1, 0.15) is 11.6 Å². The molecule has 2 saturated carbocycles. The van der Waals surface area contributed by atoms with Crippen molar-refractivity contribution in [1.29, 1.82) is 0 Å². The topological polar surface area (TPSA) is 225 Å². The molecular weight excluding hydrogens is 1020 g/mol. The SMILES string of the molecule is CC(C)c1nnnn1-c1cc(N)c(F)cc1C1CC1.CC(C)c1nnnn1-c1cc(Nc2ncc(F)c(NC3CC(C)(C)NC(C)(C)C3)n2)c(F)cc1C1CC1.CC1(C)CC(Nc2nc(Cl)ncc2F)CC(C)(C)N1.Cl. The molecule has 18 nitrogen and oxygen atoms in total. The summed E-state index contributed by atoms with van der Waals surface area (Å²) in [6, 6.07) is 6.52. The number of hydrogen-bond acceptors (Lipinski definition) is 16. The quantitative estimate of drug-likeness (QED) is 0.0381. The first-order valence-corrected chi connectivity index (χ1v) is 26.1. The molecule has 4 aromatic heterocycles. The Labute approximate surface area is 453 Å². The predicted molar refractivity (Wildman–Crippen MR) is 290 cm³/mol. The molecule has 4 aliphatic rings. The lowest BCUT2D eigenvalue weighted by Crippen LogP contribution is -2.60. The molecule has 2 aromatic carbocycles. The van der Waals surface area contributed by atoms with Crippen LogP contribution in [0, 0.1) is 23.3 Å². The molecule has 2 aliphatic heterocycles. The molecule has 0 spiro atoms. The fourth-order valence-electron chi connectivity index (χ4n) is 10.9. The number of tetrazole rings is 2. The van der Waals surface area contributed by atoms with Crippen LogP contribution in [0.5, 0.6) is 0 Å². The first kappa shape index (κ1) is 57.9. The Morgan fingerprint density at radius 1 is 0.605 bits per heavy atom. The lowest BCUT2D eigenvalue weighted by atomic mass is 9.79. The van der Waals surface area contributed by atoms with Crippen molar-refractivity contribution in [2.24, 2.45) is 0 Å². The van der Waals surface area contributed by atoms with Crippen LogP contribution in [0.2, 0.25) is 5.28 Å². The van der Waals surface area contributed by atoms with Gasteiger partial charge in [0.2, 0.25) is 11.2 Å². The van der Waals surface area contributed by atoms with Crippen molar-refractivity contribution in [3.05, 3.63) is 88.0 Å². The fourth-order valence-corrected chi connectivity index (χ4v) is 11.0. The molecule has 24 heteroatoms. The molecular formula is C52H72Cl2F4N18. The van der Waals surface area contributed by atoms with Crippen LogP contribution in [0.1, 0.15) is 181 Å². The highest BCUT2D eigenvalue weighted by atomic mass is 35.5. The molecule has 6 aromatic rings. The highest BCUT2D eigenvalue weighted by Gasteiger charge is 2.40. The summed E-state index contributed by atoms with van der Waals surface area (Å²) < 4.78 is 60.6. The minimum Gasteiger partial charge on any atom is -0.396 e. The van der Waals surface area contributed by atoms with E-state index in [1.807, 2.05) is 27.7 Å². The summed E-state index contributed by atoms with van der Waals surface area (Å²) in [4.78, 5) is 16.0. The van der Waals surface area contributed by atoms with Crippen LogP contribution in [-0.4, -0.2) is 94.6 Å². The van der Waals surface area contributed by atoms with Crippen molar-refractivity contribution >= 4 is 53.0 Å². The van der Waals surface area contributed by atoms with Crippen LogP contribution in [0.25, 0.3) is 11.4 Å². The van der Waals surface area contributed by atoms with E-state index in [1.54, 1.807) is 21.5 Å². The normalized spacial score (nSPS) is 18.7. The van der Waals surface area contributed by atoms with E-state index in [9.17, 15) is 13.2 Å². The number of anilines is 5. The van der Waals surface area contributed by atoms with Gasteiger partial charge in [-0.25, -0.2) is 27.5 Å². The average Bonchev–Trinajstić information content (AvgIpc) is 4.22. The van der Waals surface area contributed by atoms with Gasteiger partial charge in [-0.1, -0.05) is 27.7 Å². The Balaban J connectivity index is 0.000000181. The van der Waals surface area contributed by atoms with Gasteiger partial charge in [-0.3, -0.25) is 0 Å². The van der Waals surface area contributed by atoms with Crippen molar-refractivity contribution < 1.29 is 17.6 Å². The van der Waals surface area contributed by atoms with Gasteiger partial charge in [-0.2, -0.15) is 19.3 Å². The number of halogens is 6. The number of nitrogens with zero attached hydrogens (tertiary/aromatic N) is 12. The van der Waals surface area contributed by atoms with Crippen molar-refractivity contribution in [3.8, 4) is 11.4 Å². The first-order chi connectivity index (χ1) is 35.1. The highest BCUT2D eigenvalue weighted by molar-refractivity contribution is 6.28. The number of aromatic nitrogens is 12. The minimum atomic E-state index is -0.555. The van der Waals surface area contributed by atoms with Gasteiger partial charge in [0.05, 0.1) is 35.1 Å². The van der Waals surface area contributed by atoms with Gasteiger partial charge in [-0.05, 0) is 186 Å². The summed E-state index contributed by atoms with van der Waals surface area (Å²) in [6.07, 6.45) is 9.72. The molecule has 2 saturated heterocycles. The third kappa shape index (κ3) is 14.4. The van der Waals surface area contributed by atoms with Gasteiger partial charge in [0.15, 0.2) is 34.9 Å². The Bertz CT molecular complexity index is 2960. The van der Waals surface area contributed by atoms with Crippen LogP contribution < -0.4 is 32.3 Å². The van der Waals surface area contributed by atoms with Gasteiger partial charge in [0.25, 0.3) is 0 Å². The number of benzene rings is 2. The molecule has 0 amide bonds. The summed E-state index contributed by atoms with van der Waals surface area (Å²) in [5.74, 6) is 0.931. The molecule has 0 unspecified atom stereocenters. The summed E-state index contributed by atoms with van der Waals surface area (Å²) in [6.45, 7) is 25.2. The van der Waals surface area contributed by atoms with Crippen molar-refractivity contribution in [1.82, 2.24) is 71.0 Å². The number of nitrogen functional groups attached to an aromatic ring is 1. The highest BCUT2D eigenvalue weighted by Crippen LogP contribution is 2.45. The van der Waals surface area contributed by atoms with E-state index < -0.39 is 17.5 Å². The van der Waals surface area contributed by atoms with E-state index in [-0.39, 0.29) is 104 Å². The maximum Gasteiger partial charge on any atom is 0.229 e. The fraction of sp³-hybridized carbons (Fsp3) is 0.577. The van der Waals surface area contributed by atoms with Crippen LogP contribution in [0.15, 0.2) is 36.7 Å². The zero-order chi connectivity index (χ0) is 54.4. The van der Waals surface area contributed by atoms with Gasteiger partial charge in [0, 0.05) is 46.1 Å². The standard InChI is InChI=1S/C26H35F2N9.C13H20ClFN4.C13H16FN5.ClH/c1-14(2)23-33-35-36-37(23)21-10-20(18(27)9-17(21)15-7-8-15)31-24-29-13-19(28)22(32-24)30-16-11-25(3,4)34-26(5,6)12-16;1-12(2)5-8(6-13(3,4)19-12)17-10-9(15)7-16-11(14)18-10;1-7(2)13-16-17-18-19(13)12-6-11(15)10(14)5-9(12)8-3-4-8;/h9-10,13-16,34H,7-8,11-12H2,1-6H3,(H2,29,30,31,32);7-8,19H,5-6H2,1-4H3,(H,16,17,18);5-8H,3-4,15H2,1-2H3;1H. The molecule has 0 bridgehead atoms. The Morgan fingerprint density at radius 2 is 1.03 bits per heavy atom. The lowest BCUT2D eigenvalue weighted by molar-refractivity contribution is 0.170. The van der Waals surface area contributed by atoms with Gasteiger partial charge < -0.3 is 32.3 Å². The molecule has 76 heavy (non-hydrogen) atoms. The zero-order valence-electron chi connectivity index (χ0n) is 45.3. The molecule has 412 valence electrons. The largest absolute Gasteiger partial charge is 0.396 e. The molecule has 2 aliphatic carbocycles. The van der Waals surface area contributed by atoms with Crippen LogP contribution >= 0.6 is 24.0 Å². The zero-order valence-corrected chi connectivity index (χ0v) is 46.9. The third-order valence-corrected chi connectivity index (χ3v) is 13.7. The van der Waals surface area contributed by atoms with E-state index in [2.05, 4.69) is 133 Å². The Morgan fingerprint density at radius 3 is 1.47 bits per heavy atom. The minimum absolute atomic E-state index is 0.